The third kappa shape index (κ3) is 4.70. The molecule has 0 radical (unpaired) electrons. The number of guanidine groups is 1. The molecule has 1 saturated heterocycles. The smallest absolute Gasteiger partial charge is 0.191 e. The summed E-state index contributed by atoms with van der Waals surface area (Å²) in [6.45, 7) is 3.18. The van der Waals surface area contributed by atoms with Crippen LogP contribution in [-0.2, 0) is 6.54 Å². The lowest BCUT2D eigenvalue weighted by Gasteiger charge is -2.24. The Kier molecular flexibility index (Phi) is 5.95. The molecule has 0 amide bonds. The first kappa shape index (κ1) is 16.8. The van der Waals surface area contributed by atoms with Gasteiger partial charge in [-0.15, -0.1) is 0 Å². The molecule has 1 heterocycles. The van der Waals surface area contributed by atoms with Crippen molar-refractivity contribution in [1.29, 1.82) is 0 Å². The zero-order valence-corrected chi connectivity index (χ0v) is 15.5. The van der Waals surface area contributed by atoms with Crippen molar-refractivity contribution in [3.05, 3.63) is 34.3 Å². The fourth-order valence-corrected chi connectivity index (χ4v) is 3.95. The highest BCUT2D eigenvalue weighted by Gasteiger charge is 2.30. The second-order valence-corrected chi connectivity index (χ2v) is 7.53. The van der Waals surface area contributed by atoms with Crippen molar-refractivity contribution in [3.8, 4) is 0 Å². The number of hydrogen-bond donors (Lipinski definition) is 2. The molecule has 2 aliphatic rings. The summed E-state index contributed by atoms with van der Waals surface area (Å²) in [5, 5.41) is 7.01. The normalized spacial score (nSPS) is 23.4. The van der Waals surface area contributed by atoms with Gasteiger partial charge in [0, 0.05) is 43.2 Å². The Morgan fingerprint density at radius 3 is 2.65 bits per heavy atom. The first-order valence-corrected chi connectivity index (χ1v) is 9.49. The minimum Gasteiger partial charge on any atom is -0.352 e. The first-order valence-electron chi connectivity index (χ1n) is 8.70. The van der Waals surface area contributed by atoms with E-state index in [4.69, 9.17) is 0 Å². The minimum atomic E-state index is 0.520. The average Bonchev–Trinajstić information content (AvgIpc) is 3.24. The van der Waals surface area contributed by atoms with Crippen molar-refractivity contribution in [3.63, 3.8) is 0 Å². The van der Waals surface area contributed by atoms with E-state index in [9.17, 15) is 0 Å². The van der Waals surface area contributed by atoms with E-state index in [1.54, 1.807) is 0 Å². The highest BCUT2D eigenvalue weighted by Crippen LogP contribution is 2.26. The number of nitrogens with one attached hydrogen (secondary N) is 2. The van der Waals surface area contributed by atoms with E-state index < -0.39 is 0 Å². The van der Waals surface area contributed by atoms with E-state index in [2.05, 4.69) is 60.7 Å². The van der Waals surface area contributed by atoms with Crippen LogP contribution < -0.4 is 10.6 Å². The molecule has 1 aliphatic heterocycles. The van der Waals surface area contributed by atoms with Gasteiger partial charge in [0.05, 0.1) is 0 Å². The van der Waals surface area contributed by atoms with Crippen LogP contribution in [0.15, 0.2) is 33.7 Å². The van der Waals surface area contributed by atoms with Crippen LogP contribution in [0.4, 0.5) is 0 Å². The number of likely N-dealkylation sites (tertiary alicyclic amines) is 1. The third-order valence-electron chi connectivity index (χ3n) is 5.00. The van der Waals surface area contributed by atoms with Crippen LogP contribution in [-0.4, -0.2) is 43.1 Å². The summed E-state index contributed by atoms with van der Waals surface area (Å²) >= 11 is 3.47. The van der Waals surface area contributed by atoms with Gasteiger partial charge in [0.25, 0.3) is 0 Å². The Morgan fingerprint density at radius 2 is 1.96 bits per heavy atom. The molecule has 23 heavy (non-hydrogen) atoms. The number of halogens is 1. The molecule has 0 aromatic heterocycles. The maximum atomic E-state index is 4.37. The molecule has 1 atom stereocenters. The number of nitrogens with zero attached hydrogens (tertiary/aromatic N) is 2. The summed E-state index contributed by atoms with van der Waals surface area (Å²) in [5.41, 5.74) is 1.26. The molecule has 1 aliphatic carbocycles. The van der Waals surface area contributed by atoms with E-state index in [1.807, 2.05) is 7.05 Å². The maximum Gasteiger partial charge on any atom is 0.191 e. The lowest BCUT2D eigenvalue weighted by molar-refractivity contribution is 0.242. The van der Waals surface area contributed by atoms with Gasteiger partial charge in [-0.05, 0) is 37.0 Å². The molecule has 126 valence electrons. The molecule has 4 nitrogen and oxygen atoms in total. The predicted molar refractivity (Wildman–Crippen MR) is 99.7 cm³/mol. The molecule has 0 spiro atoms. The van der Waals surface area contributed by atoms with E-state index in [-0.39, 0.29) is 0 Å². The third-order valence-corrected chi connectivity index (χ3v) is 5.53. The summed E-state index contributed by atoms with van der Waals surface area (Å²) < 4.78 is 1.11. The summed E-state index contributed by atoms with van der Waals surface area (Å²) in [4.78, 5) is 7.05. The van der Waals surface area contributed by atoms with Crippen molar-refractivity contribution in [1.82, 2.24) is 15.5 Å². The Balaban J connectivity index is 1.45. The summed E-state index contributed by atoms with van der Waals surface area (Å²) in [7, 11) is 1.85. The van der Waals surface area contributed by atoms with Crippen LogP contribution >= 0.6 is 15.9 Å². The quantitative estimate of drug-likeness (QED) is 0.624. The minimum absolute atomic E-state index is 0.520. The lowest BCUT2D eigenvalue weighted by atomic mass is 10.2. The van der Waals surface area contributed by atoms with E-state index in [0.29, 0.717) is 6.04 Å². The molecular formula is C18H27BrN4. The van der Waals surface area contributed by atoms with Crippen molar-refractivity contribution >= 4 is 21.9 Å². The van der Waals surface area contributed by atoms with Gasteiger partial charge in [0.2, 0.25) is 0 Å². The zero-order valence-electron chi connectivity index (χ0n) is 13.9. The zero-order chi connectivity index (χ0) is 16.1. The molecule has 1 saturated carbocycles. The Bertz CT molecular complexity index is 522. The van der Waals surface area contributed by atoms with Crippen molar-refractivity contribution in [2.24, 2.45) is 4.99 Å². The van der Waals surface area contributed by atoms with Gasteiger partial charge in [0.1, 0.15) is 0 Å². The standard InChI is InChI=1S/C18H27BrN4/c1-20-18(21-12-14-6-8-15(19)9-7-14)22-16-10-11-23(13-16)17-4-2-3-5-17/h6-9,16-17H,2-5,10-13H2,1H3,(H2,20,21,22). The lowest BCUT2D eigenvalue weighted by Crippen LogP contribution is -2.45. The van der Waals surface area contributed by atoms with Crippen LogP contribution in [0.2, 0.25) is 0 Å². The van der Waals surface area contributed by atoms with Gasteiger partial charge in [0.15, 0.2) is 5.96 Å². The first-order chi connectivity index (χ1) is 11.2. The number of hydrogen-bond acceptors (Lipinski definition) is 2. The Morgan fingerprint density at radius 1 is 1.22 bits per heavy atom. The van der Waals surface area contributed by atoms with Crippen LogP contribution in [0, 0.1) is 0 Å². The van der Waals surface area contributed by atoms with Gasteiger partial charge in [-0.1, -0.05) is 40.9 Å². The number of benzene rings is 1. The monoisotopic (exact) mass is 378 g/mol. The molecule has 5 heteroatoms. The number of rotatable bonds is 4. The van der Waals surface area contributed by atoms with Crippen LogP contribution in [0.3, 0.4) is 0 Å². The van der Waals surface area contributed by atoms with Gasteiger partial charge < -0.3 is 10.6 Å². The molecule has 2 N–H and O–H groups in total. The molecule has 1 unspecified atom stereocenters. The van der Waals surface area contributed by atoms with Gasteiger partial charge in [-0.3, -0.25) is 9.89 Å². The highest BCUT2D eigenvalue weighted by atomic mass is 79.9. The van der Waals surface area contributed by atoms with Crippen LogP contribution in [0.25, 0.3) is 0 Å². The second-order valence-electron chi connectivity index (χ2n) is 6.62. The topological polar surface area (TPSA) is 39.7 Å². The Labute approximate surface area is 147 Å². The van der Waals surface area contributed by atoms with E-state index in [0.717, 1.165) is 29.6 Å². The molecule has 2 fully saturated rings. The highest BCUT2D eigenvalue weighted by molar-refractivity contribution is 9.10. The maximum absolute atomic E-state index is 4.37. The van der Waals surface area contributed by atoms with Gasteiger partial charge >= 0.3 is 0 Å². The molecule has 1 aromatic carbocycles. The molecular weight excluding hydrogens is 352 g/mol. The number of aliphatic imine (C=N–C) groups is 1. The van der Waals surface area contributed by atoms with E-state index >= 15 is 0 Å². The van der Waals surface area contributed by atoms with Crippen molar-refractivity contribution in [2.45, 2.75) is 50.7 Å². The fraction of sp³-hybridized carbons (Fsp3) is 0.611. The van der Waals surface area contributed by atoms with Crippen molar-refractivity contribution < 1.29 is 0 Å². The summed E-state index contributed by atoms with van der Waals surface area (Å²) in [6, 6.07) is 9.75. The van der Waals surface area contributed by atoms with Crippen molar-refractivity contribution in [2.75, 3.05) is 20.1 Å². The fourth-order valence-electron chi connectivity index (χ4n) is 3.68. The molecule has 3 rings (SSSR count). The molecule has 0 bridgehead atoms. The van der Waals surface area contributed by atoms with Gasteiger partial charge in [-0.2, -0.15) is 0 Å². The predicted octanol–water partition coefficient (Wildman–Crippen LogP) is 3.13. The van der Waals surface area contributed by atoms with Gasteiger partial charge in [-0.25, -0.2) is 0 Å². The summed E-state index contributed by atoms with van der Waals surface area (Å²) in [6.07, 6.45) is 6.83. The van der Waals surface area contributed by atoms with E-state index in [1.165, 1.54) is 44.2 Å². The average molecular weight is 379 g/mol. The Hall–Kier alpha value is -1.07. The van der Waals surface area contributed by atoms with Crippen LogP contribution in [0.5, 0.6) is 0 Å². The largest absolute Gasteiger partial charge is 0.352 e. The SMILES string of the molecule is CN=C(NCc1ccc(Br)cc1)NC1CCN(C2CCCC2)C1. The second kappa shape index (κ2) is 8.15. The van der Waals surface area contributed by atoms with Crippen LogP contribution in [0.1, 0.15) is 37.7 Å². The molecule has 1 aromatic rings. The summed E-state index contributed by atoms with van der Waals surface area (Å²) in [5.74, 6) is 0.909.